The van der Waals surface area contributed by atoms with Crippen LogP contribution in [0, 0.1) is 0 Å². The van der Waals surface area contributed by atoms with E-state index in [0.29, 0.717) is 25.9 Å². The quantitative estimate of drug-likeness (QED) is 0.567. The van der Waals surface area contributed by atoms with E-state index < -0.39 is 11.2 Å². The maximum atomic E-state index is 11.7. The summed E-state index contributed by atoms with van der Waals surface area (Å²) in [6.07, 6.45) is 0.403. The van der Waals surface area contributed by atoms with Gasteiger partial charge in [-0.05, 0) is 33.6 Å². The lowest BCUT2D eigenvalue weighted by atomic mass is 9.92. The fourth-order valence-corrected chi connectivity index (χ4v) is 1.70. The van der Waals surface area contributed by atoms with Crippen molar-refractivity contribution in [3.8, 4) is 0 Å². The normalized spacial score (nSPS) is 20.2. The average Bonchev–Trinajstić information content (AvgIpc) is 2.27. The van der Waals surface area contributed by atoms with Crippen LogP contribution in [0.5, 0.6) is 0 Å². The summed E-state index contributed by atoms with van der Waals surface area (Å²) in [6, 6.07) is 0. The van der Waals surface area contributed by atoms with E-state index in [0.717, 1.165) is 0 Å². The molecule has 1 rings (SSSR count). The number of piperidine rings is 1. The predicted molar refractivity (Wildman–Crippen MR) is 60.6 cm³/mol. The van der Waals surface area contributed by atoms with Gasteiger partial charge in [-0.3, -0.25) is 5.26 Å². The number of hydrogen-bond donors (Lipinski definition) is 2. The summed E-state index contributed by atoms with van der Waals surface area (Å²) >= 11 is 0. The van der Waals surface area contributed by atoms with E-state index in [4.69, 9.17) is 15.1 Å². The minimum atomic E-state index is -0.932. The Bertz CT molecular complexity index is 260. The molecular weight excluding hydrogens is 226 g/mol. The Morgan fingerprint density at radius 2 is 1.88 bits per heavy atom. The molecule has 0 aromatic rings. The van der Waals surface area contributed by atoms with E-state index in [-0.39, 0.29) is 12.7 Å². The number of likely N-dealkylation sites (tertiary alicyclic amines) is 1. The SMILES string of the molecule is CC(C)(C)OC(=O)N1CCC(CO)(OO)CC1. The molecule has 1 heterocycles. The van der Waals surface area contributed by atoms with Gasteiger partial charge in [0, 0.05) is 13.1 Å². The van der Waals surface area contributed by atoms with Crippen molar-refractivity contribution in [2.24, 2.45) is 0 Å². The van der Waals surface area contributed by atoms with Crippen LogP contribution >= 0.6 is 0 Å². The Morgan fingerprint density at radius 3 is 2.24 bits per heavy atom. The molecule has 1 amide bonds. The van der Waals surface area contributed by atoms with Crippen molar-refractivity contribution in [2.75, 3.05) is 19.7 Å². The van der Waals surface area contributed by atoms with E-state index >= 15 is 0 Å². The highest BCUT2D eigenvalue weighted by Crippen LogP contribution is 2.26. The zero-order valence-electron chi connectivity index (χ0n) is 10.6. The number of nitrogens with zero attached hydrogens (tertiary/aromatic N) is 1. The number of rotatable bonds is 2. The van der Waals surface area contributed by atoms with E-state index in [1.165, 1.54) is 0 Å². The van der Waals surface area contributed by atoms with Crippen molar-refractivity contribution in [1.29, 1.82) is 0 Å². The van der Waals surface area contributed by atoms with Gasteiger partial charge in [-0.25, -0.2) is 9.68 Å². The van der Waals surface area contributed by atoms with Gasteiger partial charge in [0.1, 0.15) is 11.2 Å². The fraction of sp³-hybridized carbons (Fsp3) is 0.909. The minimum Gasteiger partial charge on any atom is -0.444 e. The lowest BCUT2D eigenvalue weighted by Gasteiger charge is -2.38. The Morgan fingerprint density at radius 1 is 1.35 bits per heavy atom. The molecule has 0 spiro atoms. The van der Waals surface area contributed by atoms with E-state index in [1.54, 1.807) is 4.90 Å². The third-order valence-corrected chi connectivity index (χ3v) is 2.81. The second kappa shape index (κ2) is 5.20. The molecule has 17 heavy (non-hydrogen) atoms. The second-order valence-electron chi connectivity index (χ2n) is 5.40. The summed E-state index contributed by atoms with van der Waals surface area (Å²) in [4.78, 5) is 17.6. The largest absolute Gasteiger partial charge is 0.444 e. The number of aliphatic hydroxyl groups excluding tert-OH is 1. The van der Waals surface area contributed by atoms with Crippen molar-refractivity contribution in [3.05, 3.63) is 0 Å². The molecule has 0 bridgehead atoms. The monoisotopic (exact) mass is 247 g/mol. The number of carbonyl (C=O) groups excluding carboxylic acids is 1. The Balaban J connectivity index is 2.49. The predicted octanol–water partition coefficient (Wildman–Crippen LogP) is 1.24. The first-order valence-electron chi connectivity index (χ1n) is 5.73. The fourth-order valence-electron chi connectivity index (χ4n) is 1.70. The summed E-state index contributed by atoms with van der Waals surface area (Å²) in [7, 11) is 0. The average molecular weight is 247 g/mol. The zero-order chi connectivity index (χ0) is 13.1. The molecule has 6 nitrogen and oxygen atoms in total. The summed E-state index contributed by atoms with van der Waals surface area (Å²) in [6.45, 7) is 5.97. The molecule has 0 unspecified atom stereocenters. The highest BCUT2D eigenvalue weighted by Gasteiger charge is 2.38. The van der Waals surface area contributed by atoms with E-state index in [1.807, 2.05) is 20.8 Å². The van der Waals surface area contributed by atoms with Crippen molar-refractivity contribution in [3.63, 3.8) is 0 Å². The maximum absolute atomic E-state index is 11.7. The molecule has 1 aliphatic rings. The Labute approximate surface area is 101 Å². The first kappa shape index (κ1) is 14.2. The van der Waals surface area contributed by atoms with Gasteiger partial charge in [-0.2, -0.15) is 0 Å². The summed E-state index contributed by atoms with van der Waals surface area (Å²) < 4.78 is 5.23. The molecule has 1 saturated heterocycles. The van der Waals surface area contributed by atoms with Crippen LogP contribution in [0.25, 0.3) is 0 Å². The van der Waals surface area contributed by atoms with Gasteiger partial charge in [-0.1, -0.05) is 0 Å². The van der Waals surface area contributed by atoms with Crippen LogP contribution in [0.3, 0.4) is 0 Å². The summed E-state index contributed by atoms with van der Waals surface area (Å²) in [5, 5.41) is 17.9. The first-order chi connectivity index (χ1) is 7.82. The lowest BCUT2D eigenvalue weighted by Crippen LogP contribution is -2.50. The second-order valence-corrected chi connectivity index (χ2v) is 5.40. The minimum absolute atomic E-state index is 0.258. The zero-order valence-corrected chi connectivity index (χ0v) is 10.6. The highest BCUT2D eigenvalue weighted by molar-refractivity contribution is 5.68. The van der Waals surface area contributed by atoms with Crippen LogP contribution in [-0.4, -0.2) is 52.3 Å². The third-order valence-electron chi connectivity index (χ3n) is 2.81. The van der Waals surface area contributed by atoms with Crippen LogP contribution in [0.4, 0.5) is 4.79 Å². The van der Waals surface area contributed by atoms with Gasteiger partial charge < -0.3 is 14.7 Å². The van der Waals surface area contributed by atoms with Gasteiger partial charge in [0.15, 0.2) is 0 Å². The van der Waals surface area contributed by atoms with Gasteiger partial charge in [0.25, 0.3) is 0 Å². The molecular formula is C11H21NO5. The molecule has 6 heteroatoms. The topological polar surface area (TPSA) is 79.2 Å². The molecule has 0 aliphatic carbocycles. The molecule has 100 valence electrons. The van der Waals surface area contributed by atoms with Crippen LogP contribution < -0.4 is 0 Å². The molecule has 0 aromatic heterocycles. The molecule has 0 atom stereocenters. The van der Waals surface area contributed by atoms with E-state index in [9.17, 15) is 4.79 Å². The number of aliphatic hydroxyl groups is 1. The maximum Gasteiger partial charge on any atom is 0.410 e. The van der Waals surface area contributed by atoms with Crippen molar-refractivity contribution in [2.45, 2.75) is 44.8 Å². The van der Waals surface area contributed by atoms with E-state index in [2.05, 4.69) is 4.89 Å². The highest BCUT2D eigenvalue weighted by atomic mass is 17.1. The molecule has 1 fully saturated rings. The molecule has 0 radical (unpaired) electrons. The third kappa shape index (κ3) is 3.83. The van der Waals surface area contributed by atoms with Crippen LogP contribution in [-0.2, 0) is 9.62 Å². The van der Waals surface area contributed by atoms with Crippen LogP contribution in [0.2, 0.25) is 0 Å². The van der Waals surface area contributed by atoms with Crippen molar-refractivity contribution in [1.82, 2.24) is 4.90 Å². The van der Waals surface area contributed by atoms with Gasteiger partial charge >= 0.3 is 6.09 Å². The smallest absolute Gasteiger partial charge is 0.410 e. The molecule has 0 aromatic carbocycles. The van der Waals surface area contributed by atoms with Crippen LogP contribution in [0.15, 0.2) is 0 Å². The van der Waals surface area contributed by atoms with Gasteiger partial charge in [-0.15, -0.1) is 0 Å². The van der Waals surface area contributed by atoms with Gasteiger partial charge in [0.05, 0.1) is 6.61 Å². The molecule has 2 N–H and O–H groups in total. The first-order valence-corrected chi connectivity index (χ1v) is 5.73. The molecule has 0 saturated carbocycles. The Hall–Kier alpha value is -0.850. The number of amides is 1. The van der Waals surface area contributed by atoms with Crippen molar-refractivity contribution < 1.29 is 24.8 Å². The Kier molecular flexibility index (Phi) is 4.35. The summed E-state index contributed by atoms with van der Waals surface area (Å²) in [5.41, 5.74) is -1.45. The summed E-state index contributed by atoms with van der Waals surface area (Å²) in [5.74, 6) is 0. The number of hydrogen-bond acceptors (Lipinski definition) is 5. The number of ether oxygens (including phenoxy) is 1. The van der Waals surface area contributed by atoms with Crippen LogP contribution in [0.1, 0.15) is 33.6 Å². The standard InChI is InChI=1S/C11H21NO5/c1-10(2,3)16-9(14)12-6-4-11(8-13,17-15)5-7-12/h13,15H,4-8H2,1-3H3. The lowest BCUT2D eigenvalue weighted by molar-refractivity contribution is -0.339. The molecule has 1 aliphatic heterocycles. The number of carbonyl (C=O) groups is 1. The van der Waals surface area contributed by atoms with Crippen molar-refractivity contribution >= 4 is 6.09 Å². The van der Waals surface area contributed by atoms with Gasteiger partial charge in [0.2, 0.25) is 0 Å².